The van der Waals surface area contributed by atoms with Gasteiger partial charge in [0.25, 0.3) is 5.91 Å². The normalized spacial score (nSPS) is 21.5. The first-order valence-electron chi connectivity index (χ1n) is 11.5. The van der Waals surface area contributed by atoms with Crippen molar-refractivity contribution in [3.8, 4) is 11.5 Å². The number of nitrogens with zero attached hydrogens (tertiary/aromatic N) is 2. The van der Waals surface area contributed by atoms with Crippen LogP contribution in [0.25, 0.3) is 11.5 Å². The maximum Gasteiger partial charge on any atom is 0.271 e. The third kappa shape index (κ3) is 4.43. The zero-order valence-corrected chi connectivity index (χ0v) is 19.4. The molecule has 6 nitrogen and oxygen atoms in total. The van der Waals surface area contributed by atoms with Crippen molar-refractivity contribution in [2.24, 2.45) is 0 Å². The van der Waals surface area contributed by atoms with E-state index in [0.717, 1.165) is 55.7 Å². The van der Waals surface area contributed by atoms with Crippen molar-refractivity contribution in [3.63, 3.8) is 0 Å². The summed E-state index contributed by atoms with van der Waals surface area (Å²) in [7, 11) is 0. The predicted molar refractivity (Wildman–Crippen MR) is 124 cm³/mol. The summed E-state index contributed by atoms with van der Waals surface area (Å²) in [5.74, 6) is 2.72. The van der Waals surface area contributed by atoms with Crippen LogP contribution in [0.3, 0.4) is 0 Å². The number of hydrogen-bond acceptors (Lipinski definition) is 4. The number of furan rings is 1. The summed E-state index contributed by atoms with van der Waals surface area (Å²) in [5.41, 5.74) is 0.535. The van der Waals surface area contributed by atoms with Crippen LogP contribution in [0.2, 0.25) is 0 Å². The number of rotatable bonds is 9. The Morgan fingerprint density at radius 3 is 2.71 bits per heavy atom. The van der Waals surface area contributed by atoms with Gasteiger partial charge in [0, 0.05) is 12.6 Å². The maximum atomic E-state index is 13.6. The second kappa shape index (κ2) is 9.55. The molecule has 0 spiro atoms. The number of thioether (sulfide) groups is 1. The lowest BCUT2D eigenvalue weighted by Gasteiger charge is -2.44. The largest absolute Gasteiger partial charge is 0.463 e. The highest BCUT2D eigenvalue weighted by atomic mass is 32.2. The van der Waals surface area contributed by atoms with Gasteiger partial charge in [0.05, 0.1) is 18.5 Å². The first-order valence-corrected chi connectivity index (χ1v) is 12.6. The average molecular weight is 444 g/mol. The fourth-order valence-corrected chi connectivity index (χ4v) is 5.57. The van der Waals surface area contributed by atoms with Crippen LogP contribution < -0.4 is 5.32 Å². The molecule has 2 aromatic heterocycles. The molecule has 1 aliphatic heterocycles. The standard InChI is InChI=1S/C24H33N3O3S/c1-3-15-31-16-7-13-27-22(28)20-12-11-19(21-10-6-14-30-21)26(20)17-24(27,2)23(29)25-18-8-4-5-9-18/h6,10-12,14,18H,3-5,7-9,13,15-17H2,1-2H3,(H,25,29)/t24-/m0/s1. The minimum absolute atomic E-state index is 0.0429. The quantitative estimate of drug-likeness (QED) is 0.577. The van der Waals surface area contributed by atoms with E-state index in [9.17, 15) is 9.59 Å². The minimum Gasteiger partial charge on any atom is -0.463 e. The van der Waals surface area contributed by atoms with Crippen molar-refractivity contribution < 1.29 is 14.0 Å². The molecule has 1 saturated carbocycles. The molecule has 0 radical (unpaired) electrons. The minimum atomic E-state index is -0.928. The Hall–Kier alpha value is -2.15. The Bertz CT molecular complexity index is 901. The summed E-state index contributed by atoms with van der Waals surface area (Å²) in [6, 6.07) is 7.72. The molecule has 168 valence electrons. The van der Waals surface area contributed by atoms with Gasteiger partial charge in [0.2, 0.25) is 5.91 Å². The molecule has 2 aliphatic rings. The second-order valence-corrected chi connectivity index (χ2v) is 10.0. The molecule has 1 N–H and O–H groups in total. The van der Waals surface area contributed by atoms with Gasteiger partial charge < -0.3 is 19.2 Å². The fraction of sp³-hybridized carbons (Fsp3) is 0.583. The fourth-order valence-electron chi connectivity index (χ4n) is 4.74. The highest BCUT2D eigenvalue weighted by Crippen LogP contribution is 2.34. The van der Waals surface area contributed by atoms with Gasteiger partial charge in [-0.1, -0.05) is 19.8 Å². The highest BCUT2D eigenvalue weighted by molar-refractivity contribution is 7.99. The number of carbonyl (C=O) groups excluding carboxylic acids is 2. The number of fused-ring (bicyclic) bond motifs is 1. The van der Waals surface area contributed by atoms with Crippen molar-refractivity contribution in [2.75, 3.05) is 18.1 Å². The van der Waals surface area contributed by atoms with Crippen LogP contribution in [0.5, 0.6) is 0 Å². The number of hydrogen-bond donors (Lipinski definition) is 1. The second-order valence-electron chi connectivity index (χ2n) is 8.82. The van der Waals surface area contributed by atoms with Crippen molar-refractivity contribution in [1.29, 1.82) is 0 Å². The molecule has 4 rings (SSSR count). The Morgan fingerprint density at radius 1 is 1.23 bits per heavy atom. The molecule has 1 atom stereocenters. The third-order valence-corrected chi connectivity index (χ3v) is 7.75. The third-order valence-electron chi connectivity index (χ3n) is 6.48. The van der Waals surface area contributed by atoms with Gasteiger partial charge in [-0.15, -0.1) is 0 Å². The van der Waals surface area contributed by atoms with E-state index < -0.39 is 5.54 Å². The van der Waals surface area contributed by atoms with E-state index in [1.54, 1.807) is 6.26 Å². The molecule has 2 amide bonds. The molecule has 7 heteroatoms. The Morgan fingerprint density at radius 2 is 2.00 bits per heavy atom. The zero-order chi connectivity index (χ0) is 21.8. The molecule has 31 heavy (non-hydrogen) atoms. The summed E-state index contributed by atoms with van der Waals surface area (Å²) in [5, 5.41) is 3.25. The topological polar surface area (TPSA) is 67.5 Å². The van der Waals surface area contributed by atoms with Crippen LogP contribution in [-0.4, -0.2) is 50.9 Å². The molecule has 0 unspecified atom stereocenters. The molecular formula is C24H33N3O3S. The van der Waals surface area contributed by atoms with E-state index in [0.29, 0.717) is 24.5 Å². The Kier molecular flexibility index (Phi) is 6.80. The van der Waals surface area contributed by atoms with E-state index in [4.69, 9.17) is 4.42 Å². The van der Waals surface area contributed by atoms with Gasteiger partial charge in [-0.3, -0.25) is 9.59 Å². The molecule has 0 bridgehead atoms. The number of carbonyl (C=O) groups is 2. The molecular weight excluding hydrogens is 410 g/mol. The van der Waals surface area contributed by atoms with E-state index in [-0.39, 0.29) is 17.9 Å². The first-order chi connectivity index (χ1) is 15.0. The molecule has 0 saturated heterocycles. The lowest BCUT2D eigenvalue weighted by atomic mass is 9.93. The van der Waals surface area contributed by atoms with Crippen LogP contribution in [0, 0.1) is 0 Å². The van der Waals surface area contributed by atoms with Crippen molar-refractivity contribution in [3.05, 3.63) is 36.2 Å². The first kappa shape index (κ1) is 22.1. The maximum absolute atomic E-state index is 13.6. The summed E-state index contributed by atoms with van der Waals surface area (Å²) >= 11 is 1.91. The van der Waals surface area contributed by atoms with Crippen molar-refractivity contribution >= 4 is 23.6 Å². The summed E-state index contributed by atoms with van der Waals surface area (Å²) in [6.07, 6.45) is 8.02. The Balaban J connectivity index is 1.61. The Labute approximate surface area is 188 Å². The van der Waals surface area contributed by atoms with E-state index in [1.165, 1.54) is 0 Å². The van der Waals surface area contributed by atoms with Gasteiger partial charge in [-0.25, -0.2) is 0 Å². The van der Waals surface area contributed by atoms with Crippen LogP contribution in [-0.2, 0) is 11.3 Å². The average Bonchev–Trinajstić information content (AvgIpc) is 3.51. The lowest BCUT2D eigenvalue weighted by molar-refractivity contribution is -0.133. The van der Waals surface area contributed by atoms with Gasteiger partial charge >= 0.3 is 0 Å². The van der Waals surface area contributed by atoms with Crippen LogP contribution >= 0.6 is 11.8 Å². The smallest absolute Gasteiger partial charge is 0.271 e. The summed E-state index contributed by atoms with van der Waals surface area (Å²) in [4.78, 5) is 28.9. The van der Waals surface area contributed by atoms with Gasteiger partial charge in [-0.2, -0.15) is 11.8 Å². The molecule has 1 aliphatic carbocycles. The highest BCUT2D eigenvalue weighted by Gasteiger charge is 2.48. The lowest BCUT2D eigenvalue weighted by Crippen LogP contribution is -2.65. The summed E-state index contributed by atoms with van der Waals surface area (Å²) < 4.78 is 7.55. The molecule has 2 aromatic rings. The van der Waals surface area contributed by atoms with Gasteiger partial charge in [0.15, 0.2) is 0 Å². The van der Waals surface area contributed by atoms with Crippen molar-refractivity contribution in [2.45, 2.75) is 70.5 Å². The van der Waals surface area contributed by atoms with E-state index in [2.05, 4.69) is 12.2 Å². The number of aromatic nitrogens is 1. The zero-order valence-electron chi connectivity index (χ0n) is 18.6. The van der Waals surface area contributed by atoms with Gasteiger partial charge in [-0.05, 0) is 68.4 Å². The molecule has 0 aromatic carbocycles. The SMILES string of the molecule is CCCSCCCN1C(=O)c2ccc(-c3ccco3)n2C[C@@]1(C)C(=O)NC1CCCC1. The van der Waals surface area contributed by atoms with Gasteiger partial charge in [0.1, 0.15) is 17.0 Å². The number of nitrogens with one attached hydrogen (secondary N) is 1. The monoisotopic (exact) mass is 443 g/mol. The summed E-state index contributed by atoms with van der Waals surface area (Å²) in [6.45, 7) is 5.11. The van der Waals surface area contributed by atoms with E-state index >= 15 is 0 Å². The predicted octanol–water partition coefficient (Wildman–Crippen LogP) is 4.55. The molecule has 3 heterocycles. The van der Waals surface area contributed by atoms with Crippen LogP contribution in [0.1, 0.15) is 62.9 Å². The van der Waals surface area contributed by atoms with Crippen LogP contribution in [0.15, 0.2) is 34.9 Å². The number of amides is 2. The van der Waals surface area contributed by atoms with Crippen molar-refractivity contribution in [1.82, 2.24) is 14.8 Å². The molecule has 1 fully saturated rings. The van der Waals surface area contributed by atoms with Crippen LogP contribution in [0.4, 0.5) is 0 Å². The van der Waals surface area contributed by atoms with E-state index in [1.807, 2.05) is 52.4 Å².